The molecule has 2 aromatic rings. The number of nitrogens with zero attached hydrogens (tertiary/aromatic N) is 3. The van der Waals surface area contributed by atoms with Crippen molar-refractivity contribution < 1.29 is 9.67 Å². The lowest BCUT2D eigenvalue weighted by Crippen LogP contribution is -2.66. The van der Waals surface area contributed by atoms with E-state index >= 15 is 0 Å². The van der Waals surface area contributed by atoms with Crippen molar-refractivity contribution >= 4 is 5.87 Å². The monoisotopic (exact) mass is 396 g/mol. The summed E-state index contributed by atoms with van der Waals surface area (Å²) in [5.41, 5.74) is 0.877. The zero-order valence-corrected chi connectivity index (χ0v) is 16.6. The number of allylic oxidation sites excluding steroid dienone is 2. The average Bonchev–Trinajstić information content (AvgIpc) is 3.62. The summed E-state index contributed by atoms with van der Waals surface area (Å²) in [6.07, 6.45) is 3.61. The number of nitrogens with one attached hydrogen (secondary N) is 2. The summed E-state index contributed by atoms with van der Waals surface area (Å²) in [6.45, 7) is 1.97. The molecule has 1 aromatic carbocycles. The molecule has 148 valence electrons. The van der Waals surface area contributed by atoms with Gasteiger partial charge in [0.15, 0.2) is 11.9 Å². The van der Waals surface area contributed by atoms with Gasteiger partial charge in [0.25, 0.3) is 0 Å². The fraction of sp³-hybridized carbons (Fsp3) is 0.292. The molecule has 2 aliphatic rings. The predicted octanol–water partition coefficient (Wildman–Crippen LogP) is 2.79. The highest BCUT2D eigenvalue weighted by Crippen LogP contribution is 2.52. The third kappa shape index (κ3) is 3.09. The van der Waals surface area contributed by atoms with Crippen molar-refractivity contribution in [2.45, 2.75) is 37.5 Å². The molecule has 0 spiro atoms. The Balaban J connectivity index is 2.06. The van der Waals surface area contributed by atoms with E-state index in [-0.39, 0.29) is 17.2 Å². The maximum atomic E-state index is 12.0. The minimum Gasteiger partial charge on any atom is -0.365 e. The summed E-state index contributed by atoms with van der Waals surface area (Å²) in [5, 5.41) is 42.4. The van der Waals surface area contributed by atoms with Crippen molar-refractivity contribution in [2.75, 3.05) is 0 Å². The third-order valence-corrected chi connectivity index (χ3v) is 6.04. The van der Waals surface area contributed by atoms with Gasteiger partial charge in [-0.3, -0.25) is 5.41 Å². The summed E-state index contributed by atoms with van der Waals surface area (Å²) in [7, 11) is 0. The number of pyridine rings is 1. The van der Waals surface area contributed by atoms with Crippen molar-refractivity contribution in [3.63, 3.8) is 0 Å². The fourth-order valence-electron chi connectivity index (χ4n) is 4.48. The van der Waals surface area contributed by atoms with Crippen LogP contribution in [0.1, 0.15) is 36.1 Å². The van der Waals surface area contributed by atoms with Crippen molar-refractivity contribution in [3.05, 3.63) is 82.8 Å². The average molecular weight is 396 g/mol. The highest BCUT2D eigenvalue weighted by molar-refractivity contribution is 5.71. The summed E-state index contributed by atoms with van der Waals surface area (Å²) in [6, 6.07) is 19.1. The van der Waals surface area contributed by atoms with E-state index in [1.807, 2.05) is 72.3 Å². The van der Waals surface area contributed by atoms with Crippen LogP contribution in [-0.2, 0) is 0 Å². The summed E-state index contributed by atoms with van der Waals surface area (Å²) >= 11 is 0. The minimum absolute atomic E-state index is 0.0262. The molecule has 3 unspecified atom stereocenters. The zero-order valence-electron chi connectivity index (χ0n) is 16.6. The van der Waals surface area contributed by atoms with Crippen LogP contribution in [0, 0.1) is 40.9 Å². The Bertz CT molecular complexity index is 1150. The van der Waals surface area contributed by atoms with Crippen LogP contribution in [0.3, 0.4) is 0 Å². The van der Waals surface area contributed by atoms with Crippen LogP contribution in [-0.4, -0.2) is 16.7 Å². The van der Waals surface area contributed by atoms with Gasteiger partial charge in [0.1, 0.15) is 11.6 Å². The normalized spacial score (nSPS) is 25.5. The lowest BCUT2D eigenvalue weighted by atomic mass is 9.73. The molecule has 1 aromatic heterocycles. The second-order valence-corrected chi connectivity index (χ2v) is 7.82. The second-order valence-electron chi connectivity index (χ2n) is 7.82. The van der Waals surface area contributed by atoms with Crippen LogP contribution >= 0.6 is 0 Å². The highest BCUT2D eigenvalue weighted by atomic mass is 16.3. The first-order valence-electron chi connectivity index (χ1n) is 9.91. The molecular formula is C24H22N5O+. The van der Waals surface area contributed by atoms with Crippen molar-refractivity contribution in [2.24, 2.45) is 5.92 Å². The van der Waals surface area contributed by atoms with E-state index in [1.54, 1.807) is 0 Å². The number of hydrogen-bond donors (Lipinski definition) is 3. The van der Waals surface area contributed by atoms with Gasteiger partial charge in [-0.25, -0.2) is 0 Å². The number of hydrogen-bond acceptors (Lipinski definition) is 5. The first-order valence-corrected chi connectivity index (χ1v) is 9.91. The fourth-order valence-corrected chi connectivity index (χ4v) is 4.48. The molecule has 6 nitrogen and oxygen atoms in total. The van der Waals surface area contributed by atoms with Crippen molar-refractivity contribution in [1.29, 1.82) is 15.9 Å². The molecule has 30 heavy (non-hydrogen) atoms. The van der Waals surface area contributed by atoms with Crippen LogP contribution in [0.15, 0.2) is 71.6 Å². The molecular weight excluding hydrogens is 374 g/mol. The molecule has 0 bridgehead atoms. The topological polar surface area (TPSA) is 108 Å². The molecule has 0 amide bonds. The first kappa shape index (κ1) is 19.6. The van der Waals surface area contributed by atoms with Crippen LogP contribution in [0.2, 0.25) is 0 Å². The second kappa shape index (κ2) is 7.61. The SMILES string of the molecule is Cc1cccc[n+]1C1C(c2ccccc2)C(C#N)=C(C(=C=N)C#N)NC1(O)C1CC1. The van der Waals surface area contributed by atoms with E-state index in [0.717, 1.165) is 24.1 Å². The molecule has 4 rings (SSSR count). The maximum Gasteiger partial charge on any atom is 0.217 e. The maximum absolute atomic E-state index is 12.0. The number of aromatic nitrogens is 1. The Kier molecular flexibility index (Phi) is 4.98. The number of aryl methyl sites for hydroxylation is 1. The first-order chi connectivity index (χ1) is 14.5. The van der Waals surface area contributed by atoms with Crippen LogP contribution in [0.5, 0.6) is 0 Å². The Morgan fingerprint density at radius 1 is 1.17 bits per heavy atom. The molecule has 2 heterocycles. The Hall–Kier alpha value is -3.70. The van der Waals surface area contributed by atoms with Crippen LogP contribution in [0.25, 0.3) is 0 Å². The smallest absolute Gasteiger partial charge is 0.217 e. The molecule has 0 radical (unpaired) electrons. The van der Waals surface area contributed by atoms with Gasteiger partial charge in [-0.2, -0.15) is 15.1 Å². The molecule has 1 fully saturated rings. The number of aliphatic hydroxyl groups is 1. The summed E-state index contributed by atoms with van der Waals surface area (Å²) in [5.74, 6) is 1.61. The molecule has 3 atom stereocenters. The Morgan fingerprint density at radius 2 is 1.87 bits per heavy atom. The van der Waals surface area contributed by atoms with Gasteiger partial charge in [0, 0.05) is 25.0 Å². The Morgan fingerprint density at radius 3 is 2.43 bits per heavy atom. The molecule has 0 saturated heterocycles. The van der Waals surface area contributed by atoms with Gasteiger partial charge in [-0.1, -0.05) is 36.4 Å². The third-order valence-electron chi connectivity index (χ3n) is 6.04. The number of nitriles is 2. The molecule has 1 saturated carbocycles. The van der Waals surface area contributed by atoms with E-state index in [9.17, 15) is 15.6 Å². The van der Waals surface area contributed by atoms with Crippen molar-refractivity contribution in [3.8, 4) is 12.1 Å². The summed E-state index contributed by atoms with van der Waals surface area (Å²) in [4.78, 5) is 0. The largest absolute Gasteiger partial charge is 0.365 e. The number of rotatable bonds is 4. The van der Waals surface area contributed by atoms with Gasteiger partial charge >= 0.3 is 0 Å². The quantitative estimate of drug-likeness (QED) is 0.419. The standard InChI is InChI=1S/C24H22N5O/c1-16-7-5-6-12-29(16)23-21(17-8-3-2-4-9-17)20(15-27)22(18(13-25)14-26)28-24(23,30)19-10-11-19/h2-9,12,19,21,23,25,28,30H,10-11H2,1H3/q+1. The van der Waals surface area contributed by atoms with E-state index < -0.39 is 17.7 Å². The van der Waals surface area contributed by atoms with Gasteiger partial charge in [-0.05, 0) is 24.3 Å². The molecule has 3 N–H and O–H groups in total. The zero-order chi connectivity index (χ0) is 21.3. The van der Waals surface area contributed by atoms with Gasteiger partial charge < -0.3 is 10.4 Å². The minimum atomic E-state index is -1.38. The van der Waals surface area contributed by atoms with E-state index in [2.05, 4.69) is 17.3 Å². The summed E-state index contributed by atoms with van der Waals surface area (Å²) < 4.78 is 2.01. The van der Waals surface area contributed by atoms with Gasteiger partial charge in [0.2, 0.25) is 11.8 Å². The lowest BCUT2D eigenvalue weighted by Gasteiger charge is -2.43. The van der Waals surface area contributed by atoms with E-state index in [4.69, 9.17) is 5.41 Å². The number of benzene rings is 1. The molecule has 1 aliphatic heterocycles. The Labute approximate surface area is 175 Å². The lowest BCUT2D eigenvalue weighted by molar-refractivity contribution is -0.747. The molecule has 6 heteroatoms. The van der Waals surface area contributed by atoms with E-state index in [1.165, 1.54) is 0 Å². The van der Waals surface area contributed by atoms with Crippen LogP contribution in [0.4, 0.5) is 0 Å². The van der Waals surface area contributed by atoms with Gasteiger partial charge in [0.05, 0.1) is 23.3 Å². The van der Waals surface area contributed by atoms with Gasteiger partial charge in [-0.15, -0.1) is 0 Å². The van der Waals surface area contributed by atoms with E-state index in [0.29, 0.717) is 5.57 Å². The molecule has 1 aliphatic carbocycles. The highest BCUT2D eigenvalue weighted by Gasteiger charge is 2.61. The van der Waals surface area contributed by atoms with Crippen LogP contribution < -0.4 is 9.88 Å². The van der Waals surface area contributed by atoms with Crippen molar-refractivity contribution in [1.82, 2.24) is 5.32 Å². The predicted molar refractivity (Wildman–Crippen MR) is 110 cm³/mol.